The molecule has 1 saturated heterocycles. The van der Waals surface area contributed by atoms with Gasteiger partial charge in [0.2, 0.25) is 0 Å². The van der Waals surface area contributed by atoms with E-state index in [0.717, 1.165) is 11.4 Å². The Morgan fingerprint density at radius 1 is 1.14 bits per heavy atom. The summed E-state index contributed by atoms with van der Waals surface area (Å²) in [4.78, 5) is 26.4. The van der Waals surface area contributed by atoms with E-state index in [2.05, 4.69) is 15.7 Å². The molecule has 1 aliphatic heterocycles. The van der Waals surface area contributed by atoms with Gasteiger partial charge in [0.05, 0.1) is 22.0 Å². The van der Waals surface area contributed by atoms with Crippen LogP contribution in [0.3, 0.4) is 0 Å². The van der Waals surface area contributed by atoms with Crippen LogP contribution >= 0.6 is 11.6 Å². The molecule has 4 rings (SSSR count). The van der Waals surface area contributed by atoms with Crippen LogP contribution in [0.1, 0.15) is 16.1 Å². The zero-order valence-electron chi connectivity index (χ0n) is 15.1. The topological polar surface area (TPSA) is 79.3 Å². The van der Waals surface area contributed by atoms with Gasteiger partial charge in [-0.1, -0.05) is 29.8 Å². The number of benzene rings is 2. The molecule has 0 unspecified atom stereocenters. The van der Waals surface area contributed by atoms with E-state index in [1.165, 1.54) is 0 Å². The number of para-hydroxylation sites is 1. The lowest BCUT2D eigenvalue weighted by molar-refractivity contribution is 0.102. The summed E-state index contributed by atoms with van der Waals surface area (Å²) >= 11 is 6.26. The maximum absolute atomic E-state index is 12.9. The molecular weight excluding hydrogens is 378 g/mol. The summed E-state index contributed by atoms with van der Waals surface area (Å²) in [5, 5.41) is 10.4. The van der Waals surface area contributed by atoms with Crippen molar-refractivity contribution in [2.45, 2.75) is 6.92 Å². The average Bonchev–Trinajstić information content (AvgIpc) is 3.28. The third-order valence-corrected chi connectivity index (χ3v) is 4.77. The van der Waals surface area contributed by atoms with Crippen LogP contribution < -0.4 is 15.5 Å². The van der Waals surface area contributed by atoms with E-state index in [4.69, 9.17) is 11.6 Å². The lowest BCUT2D eigenvalue weighted by atomic mass is 10.1. The number of nitrogens with one attached hydrogen (secondary N) is 2. The van der Waals surface area contributed by atoms with Gasteiger partial charge in [-0.3, -0.25) is 9.69 Å². The van der Waals surface area contributed by atoms with Gasteiger partial charge in [-0.25, -0.2) is 9.48 Å². The van der Waals surface area contributed by atoms with Gasteiger partial charge in [0.25, 0.3) is 5.91 Å². The molecule has 2 aromatic carbocycles. The predicted molar refractivity (Wildman–Crippen MR) is 108 cm³/mol. The third kappa shape index (κ3) is 3.44. The first kappa shape index (κ1) is 18.1. The minimum atomic E-state index is -0.372. The third-order valence-electron chi connectivity index (χ3n) is 4.44. The number of anilines is 2. The fraction of sp³-hybridized carbons (Fsp3) is 0.150. The summed E-state index contributed by atoms with van der Waals surface area (Å²) in [5.74, 6) is 0.164. The summed E-state index contributed by atoms with van der Waals surface area (Å²) in [6.45, 7) is 2.97. The van der Waals surface area contributed by atoms with E-state index in [1.54, 1.807) is 33.8 Å². The lowest BCUT2D eigenvalue weighted by Gasteiger charge is -2.16. The molecule has 142 valence electrons. The number of amides is 3. The monoisotopic (exact) mass is 395 g/mol. The van der Waals surface area contributed by atoms with Gasteiger partial charge >= 0.3 is 6.03 Å². The van der Waals surface area contributed by atoms with E-state index in [9.17, 15) is 9.59 Å². The fourth-order valence-electron chi connectivity index (χ4n) is 3.11. The lowest BCUT2D eigenvalue weighted by Crippen LogP contribution is -2.28. The number of carbonyl (C=O) groups excluding carboxylic acids is 2. The van der Waals surface area contributed by atoms with Crippen molar-refractivity contribution in [2.24, 2.45) is 0 Å². The Morgan fingerprint density at radius 3 is 2.64 bits per heavy atom. The molecule has 0 bridgehead atoms. The molecule has 1 aromatic heterocycles. The van der Waals surface area contributed by atoms with Crippen molar-refractivity contribution >= 4 is 35.0 Å². The zero-order chi connectivity index (χ0) is 19.7. The van der Waals surface area contributed by atoms with Crippen LogP contribution in [-0.2, 0) is 0 Å². The van der Waals surface area contributed by atoms with Crippen molar-refractivity contribution < 1.29 is 9.59 Å². The van der Waals surface area contributed by atoms with Gasteiger partial charge in [0.1, 0.15) is 5.82 Å². The molecule has 2 heterocycles. The highest BCUT2D eigenvalue weighted by molar-refractivity contribution is 6.34. The summed E-state index contributed by atoms with van der Waals surface area (Å²) in [7, 11) is 0. The Morgan fingerprint density at radius 2 is 1.93 bits per heavy atom. The fourth-order valence-corrected chi connectivity index (χ4v) is 3.31. The normalized spacial score (nSPS) is 13.5. The van der Waals surface area contributed by atoms with Crippen LogP contribution in [0.4, 0.5) is 16.3 Å². The Balaban J connectivity index is 1.64. The molecule has 3 aromatic rings. The number of urea groups is 1. The molecule has 0 atom stereocenters. The van der Waals surface area contributed by atoms with Gasteiger partial charge in [-0.05, 0) is 37.3 Å². The second-order valence-electron chi connectivity index (χ2n) is 6.42. The summed E-state index contributed by atoms with van der Waals surface area (Å²) in [6.07, 6.45) is 0. The molecule has 0 spiro atoms. The number of hydrogen-bond acceptors (Lipinski definition) is 3. The van der Waals surface area contributed by atoms with Crippen LogP contribution in [0.5, 0.6) is 0 Å². The second-order valence-corrected chi connectivity index (χ2v) is 6.83. The Hall–Kier alpha value is -3.32. The summed E-state index contributed by atoms with van der Waals surface area (Å²) in [5.41, 5.74) is 2.52. The van der Waals surface area contributed by atoms with Crippen molar-refractivity contribution in [1.82, 2.24) is 15.1 Å². The first-order valence-electron chi connectivity index (χ1n) is 8.81. The average molecular weight is 396 g/mol. The van der Waals surface area contributed by atoms with Crippen molar-refractivity contribution in [1.29, 1.82) is 0 Å². The highest BCUT2D eigenvalue weighted by Gasteiger charge is 2.23. The standard InChI is InChI=1S/C20H18ClN5O2/c1-13-11-18(26(24-13)14-5-3-2-4-6-14)23-19(27)16-12-15(7-8-17(16)21)25-10-9-22-20(25)28/h2-8,11-12H,9-10H2,1H3,(H,22,28)(H,23,27). The molecule has 1 fully saturated rings. The highest BCUT2D eigenvalue weighted by Crippen LogP contribution is 2.26. The van der Waals surface area contributed by atoms with Gasteiger partial charge in [0.15, 0.2) is 0 Å². The van der Waals surface area contributed by atoms with Crippen LogP contribution in [0.2, 0.25) is 5.02 Å². The molecule has 3 amide bonds. The van der Waals surface area contributed by atoms with Gasteiger partial charge < -0.3 is 10.6 Å². The number of aryl methyl sites for hydroxylation is 1. The molecule has 1 aliphatic rings. The SMILES string of the molecule is Cc1cc(NC(=O)c2cc(N3CCNC3=O)ccc2Cl)n(-c2ccccc2)n1. The van der Waals surface area contributed by atoms with Crippen LogP contribution in [0, 0.1) is 6.92 Å². The number of hydrogen-bond donors (Lipinski definition) is 2. The minimum absolute atomic E-state index is 0.188. The highest BCUT2D eigenvalue weighted by atomic mass is 35.5. The van der Waals surface area contributed by atoms with E-state index in [1.807, 2.05) is 37.3 Å². The first-order valence-corrected chi connectivity index (χ1v) is 9.19. The Kier molecular flexibility index (Phi) is 4.75. The summed E-state index contributed by atoms with van der Waals surface area (Å²) < 4.78 is 1.67. The molecule has 8 heteroatoms. The molecular formula is C20H18ClN5O2. The Labute approximate surface area is 166 Å². The number of rotatable bonds is 4. The van der Waals surface area contributed by atoms with Gasteiger partial charge in [0, 0.05) is 24.8 Å². The molecule has 28 heavy (non-hydrogen) atoms. The van der Waals surface area contributed by atoms with Crippen molar-refractivity contribution in [3.8, 4) is 5.69 Å². The molecule has 0 radical (unpaired) electrons. The van der Waals surface area contributed by atoms with E-state index in [0.29, 0.717) is 29.6 Å². The zero-order valence-corrected chi connectivity index (χ0v) is 15.9. The van der Waals surface area contributed by atoms with E-state index in [-0.39, 0.29) is 17.5 Å². The quantitative estimate of drug-likeness (QED) is 0.708. The molecule has 7 nitrogen and oxygen atoms in total. The van der Waals surface area contributed by atoms with Crippen molar-refractivity contribution in [2.75, 3.05) is 23.3 Å². The number of nitrogens with zero attached hydrogens (tertiary/aromatic N) is 3. The second kappa shape index (κ2) is 7.36. The number of halogens is 1. The van der Waals surface area contributed by atoms with Crippen LogP contribution in [0.15, 0.2) is 54.6 Å². The Bertz CT molecular complexity index is 1050. The van der Waals surface area contributed by atoms with Gasteiger partial charge in [-0.15, -0.1) is 0 Å². The van der Waals surface area contributed by atoms with Crippen molar-refractivity contribution in [3.05, 3.63) is 70.9 Å². The number of carbonyl (C=O) groups is 2. The number of aromatic nitrogens is 2. The van der Waals surface area contributed by atoms with E-state index < -0.39 is 0 Å². The smallest absolute Gasteiger partial charge is 0.321 e. The molecule has 0 aliphatic carbocycles. The largest absolute Gasteiger partial charge is 0.336 e. The maximum atomic E-state index is 12.9. The van der Waals surface area contributed by atoms with Crippen LogP contribution in [0.25, 0.3) is 5.69 Å². The summed E-state index contributed by atoms with van der Waals surface area (Å²) in [6, 6.07) is 16.1. The van der Waals surface area contributed by atoms with E-state index >= 15 is 0 Å². The maximum Gasteiger partial charge on any atom is 0.321 e. The predicted octanol–water partition coefficient (Wildman–Crippen LogP) is 3.62. The first-order chi connectivity index (χ1) is 13.5. The van der Waals surface area contributed by atoms with Crippen molar-refractivity contribution in [3.63, 3.8) is 0 Å². The molecule has 0 saturated carbocycles. The van der Waals surface area contributed by atoms with Gasteiger partial charge in [-0.2, -0.15) is 5.10 Å². The van der Waals surface area contributed by atoms with Crippen LogP contribution in [-0.4, -0.2) is 34.8 Å². The minimum Gasteiger partial charge on any atom is -0.336 e. The molecule has 2 N–H and O–H groups in total.